The number of carbonyl (C=O) groups excluding carboxylic acids is 1. The van der Waals surface area contributed by atoms with Gasteiger partial charge in [0.25, 0.3) is 0 Å². The third-order valence-corrected chi connectivity index (χ3v) is 3.14. The lowest BCUT2D eigenvalue weighted by atomic mass is 10.3. The van der Waals surface area contributed by atoms with Crippen molar-refractivity contribution in [3.63, 3.8) is 0 Å². The highest BCUT2D eigenvalue weighted by atomic mass is 32.1. The Kier molecular flexibility index (Phi) is 3.14. The molecule has 0 bridgehead atoms. The number of fused-ring (bicyclic) bond motifs is 1. The van der Waals surface area contributed by atoms with Crippen molar-refractivity contribution in [2.24, 2.45) is 0 Å². The van der Waals surface area contributed by atoms with Crippen LogP contribution in [0.5, 0.6) is 0 Å². The zero-order valence-corrected chi connectivity index (χ0v) is 10.1. The zero-order valence-electron chi connectivity index (χ0n) is 9.30. The van der Waals surface area contributed by atoms with E-state index in [1.165, 1.54) is 6.33 Å². The van der Waals surface area contributed by atoms with Gasteiger partial charge in [-0.2, -0.15) is 0 Å². The Morgan fingerprint density at radius 1 is 1.50 bits per heavy atom. The molecule has 0 radical (unpaired) electrons. The van der Waals surface area contributed by atoms with Crippen LogP contribution >= 0.6 is 11.3 Å². The molecule has 2 rings (SSSR count). The van der Waals surface area contributed by atoms with Gasteiger partial charge in [0.1, 0.15) is 17.0 Å². The lowest BCUT2D eigenvalue weighted by molar-refractivity contribution is -0.116. The van der Waals surface area contributed by atoms with E-state index in [1.54, 1.807) is 23.2 Å². The van der Waals surface area contributed by atoms with Crippen LogP contribution in [0.15, 0.2) is 17.8 Å². The Morgan fingerprint density at radius 2 is 2.31 bits per heavy atom. The number of carbonyl (C=O) groups is 1. The first-order chi connectivity index (χ1) is 7.74. The summed E-state index contributed by atoms with van der Waals surface area (Å²) in [7, 11) is 0. The second-order valence-electron chi connectivity index (χ2n) is 3.51. The molecule has 2 aromatic rings. The number of amides is 1. The van der Waals surface area contributed by atoms with Crippen LogP contribution in [0.2, 0.25) is 0 Å². The fraction of sp³-hybridized carbons (Fsp3) is 0.364. The summed E-state index contributed by atoms with van der Waals surface area (Å²) in [4.78, 5) is 22.6. The zero-order chi connectivity index (χ0) is 11.5. The number of hydrogen-bond donors (Lipinski definition) is 0. The molecule has 0 aliphatic heterocycles. The van der Waals surface area contributed by atoms with Crippen molar-refractivity contribution in [2.45, 2.75) is 20.3 Å². The molecule has 0 unspecified atom stereocenters. The summed E-state index contributed by atoms with van der Waals surface area (Å²) in [5.41, 5.74) is 0. The molecule has 0 saturated heterocycles. The Balaban J connectivity index is 2.51. The summed E-state index contributed by atoms with van der Waals surface area (Å²) in [6, 6.07) is 1.96. The topological polar surface area (TPSA) is 46.1 Å². The van der Waals surface area contributed by atoms with Crippen molar-refractivity contribution in [3.05, 3.63) is 17.8 Å². The maximum Gasteiger partial charge on any atom is 0.225 e. The van der Waals surface area contributed by atoms with E-state index >= 15 is 0 Å². The summed E-state index contributed by atoms with van der Waals surface area (Å²) in [5.74, 6) is 0.744. The minimum atomic E-state index is 0.0213. The van der Waals surface area contributed by atoms with Gasteiger partial charge in [0.2, 0.25) is 5.91 Å². The normalized spacial score (nSPS) is 10.6. The SMILES string of the molecule is CCCN(C(C)=O)c1ncnc2sccc12. The number of hydrogen-bond acceptors (Lipinski definition) is 4. The maximum atomic E-state index is 11.6. The molecule has 0 N–H and O–H groups in total. The van der Waals surface area contributed by atoms with E-state index < -0.39 is 0 Å². The number of anilines is 1. The van der Waals surface area contributed by atoms with Crippen LogP contribution in [-0.2, 0) is 4.79 Å². The monoisotopic (exact) mass is 235 g/mol. The fourth-order valence-electron chi connectivity index (χ4n) is 1.63. The Labute approximate surface area is 97.9 Å². The third-order valence-electron chi connectivity index (χ3n) is 2.32. The van der Waals surface area contributed by atoms with Crippen LogP contribution in [0.25, 0.3) is 10.2 Å². The molecule has 0 spiro atoms. The minimum Gasteiger partial charge on any atom is -0.296 e. The first-order valence-corrected chi connectivity index (χ1v) is 6.08. The van der Waals surface area contributed by atoms with Gasteiger partial charge in [-0.15, -0.1) is 11.3 Å². The number of rotatable bonds is 3. The molecule has 0 atom stereocenters. The molecular formula is C11H13N3OS. The van der Waals surface area contributed by atoms with Gasteiger partial charge in [-0.25, -0.2) is 9.97 Å². The van der Waals surface area contributed by atoms with Gasteiger partial charge < -0.3 is 0 Å². The summed E-state index contributed by atoms with van der Waals surface area (Å²) < 4.78 is 0. The molecular weight excluding hydrogens is 222 g/mol. The van der Waals surface area contributed by atoms with Crippen molar-refractivity contribution in [1.82, 2.24) is 9.97 Å². The first kappa shape index (κ1) is 11.0. The second kappa shape index (κ2) is 4.57. The van der Waals surface area contributed by atoms with Crippen molar-refractivity contribution >= 4 is 33.3 Å². The van der Waals surface area contributed by atoms with E-state index in [1.807, 2.05) is 18.4 Å². The van der Waals surface area contributed by atoms with Crippen LogP contribution in [0.1, 0.15) is 20.3 Å². The molecule has 0 fully saturated rings. The molecule has 0 aliphatic carbocycles. The smallest absolute Gasteiger partial charge is 0.225 e. The largest absolute Gasteiger partial charge is 0.296 e. The van der Waals surface area contributed by atoms with Gasteiger partial charge >= 0.3 is 0 Å². The van der Waals surface area contributed by atoms with Crippen molar-refractivity contribution < 1.29 is 4.79 Å². The van der Waals surface area contributed by atoms with E-state index in [2.05, 4.69) is 9.97 Å². The average Bonchev–Trinajstić information content (AvgIpc) is 2.73. The molecule has 0 saturated carbocycles. The van der Waals surface area contributed by atoms with Crippen molar-refractivity contribution in [1.29, 1.82) is 0 Å². The van der Waals surface area contributed by atoms with Crippen LogP contribution in [0.3, 0.4) is 0 Å². The highest BCUT2D eigenvalue weighted by Crippen LogP contribution is 2.26. The fourth-order valence-corrected chi connectivity index (χ4v) is 2.36. The predicted molar refractivity (Wildman–Crippen MR) is 65.7 cm³/mol. The molecule has 84 valence electrons. The molecule has 2 aromatic heterocycles. The summed E-state index contributed by atoms with van der Waals surface area (Å²) in [5, 5.41) is 2.92. The van der Waals surface area contributed by atoms with Gasteiger partial charge in [0.05, 0.1) is 5.39 Å². The second-order valence-corrected chi connectivity index (χ2v) is 4.40. The van der Waals surface area contributed by atoms with E-state index in [9.17, 15) is 4.79 Å². The van der Waals surface area contributed by atoms with Gasteiger partial charge in [0.15, 0.2) is 0 Å². The first-order valence-electron chi connectivity index (χ1n) is 5.20. The highest BCUT2D eigenvalue weighted by molar-refractivity contribution is 7.16. The molecule has 5 heteroatoms. The maximum absolute atomic E-state index is 11.6. The third kappa shape index (κ3) is 1.90. The highest BCUT2D eigenvalue weighted by Gasteiger charge is 2.15. The summed E-state index contributed by atoms with van der Waals surface area (Å²) >= 11 is 1.56. The number of thiophene rings is 1. The van der Waals surface area contributed by atoms with Crippen LogP contribution < -0.4 is 4.90 Å². The molecule has 0 aliphatic rings. The van der Waals surface area contributed by atoms with Crippen LogP contribution in [0.4, 0.5) is 5.82 Å². The van der Waals surface area contributed by atoms with Gasteiger partial charge in [0, 0.05) is 13.5 Å². The Bertz CT molecular complexity index is 509. The average molecular weight is 235 g/mol. The minimum absolute atomic E-state index is 0.0213. The lowest BCUT2D eigenvalue weighted by Crippen LogP contribution is -2.30. The molecule has 1 amide bonds. The van der Waals surface area contributed by atoms with E-state index in [0.717, 1.165) is 22.5 Å². The van der Waals surface area contributed by atoms with Gasteiger partial charge in [-0.1, -0.05) is 6.92 Å². The quantitative estimate of drug-likeness (QED) is 0.821. The molecule has 16 heavy (non-hydrogen) atoms. The lowest BCUT2D eigenvalue weighted by Gasteiger charge is -2.19. The van der Waals surface area contributed by atoms with Gasteiger partial charge in [-0.05, 0) is 17.9 Å². The standard InChI is InChI=1S/C11H13N3OS/c1-3-5-14(8(2)15)10-9-4-6-16-11(9)13-7-12-10/h4,6-7H,3,5H2,1-2H3. The van der Waals surface area contributed by atoms with Crippen molar-refractivity contribution in [2.75, 3.05) is 11.4 Å². The van der Waals surface area contributed by atoms with Crippen LogP contribution in [0, 0.1) is 0 Å². The van der Waals surface area contributed by atoms with Gasteiger partial charge in [-0.3, -0.25) is 9.69 Å². The molecule has 0 aromatic carbocycles. The Hall–Kier alpha value is -1.49. The Morgan fingerprint density at radius 3 is 3.00 bits per heavy atom. The molecule has 4 nitrogen and oxygen atoms in total. The van der Waals surface area contributed by atoms with E-state index in [0.29, 0.717) is 6.54 Å². The summed E-state index contributed by atoms with van der Waals surface area (Å²) in [6.07, 6.45) is 2.43. The van der Waals surface area contributed by atoms with Crippen molar-refractivity contribution in [3.8, 4) is 0 Å². The van der Waals surface area contributed by atoms with E-state index in [-0.39, 0.29) is 5.91 Å². The summed E-state index contributed by atoms with van der Waals surface area (Å²) in [6.45, 7) is 4.30. The molecule has 2 heterocycles. The van der Waals surface area contributed by atoms with E-state index in [4.69, 9.17) is 0 Å². The number of aromatic nitrogens is 2. The van der Waals surface area contributed by atoms with Crippen LogP contribution in [-0.4, -0.2) is 22.4 Å². The predicted octanol–water partition coefficient (Wildman–Crippen LogP) is 2.45. The number of nitrogens with zero attached hydrogens (tertiary/aromatic N) is 3.